The summed E-state index contributed by atoms with van der Waals surface area (Å²) >= 11 is 8.04. The summed E-state index contributed by atoms with van der Waals surface area (Å²) in [6, 6.07) is 3.47. The van der Waals surface area contributed by atoms with Gasteiger partial charge in [-0.2, -0.15) is 0 Å². The first-order chi connectivity index (χ1) is 6.70. The Morgan fingerprint density at radius 3 is 2.64 bits per heavy atom. The molecule has 2 rings (SSSR count). The quantitative estimate of drug-likeness (QED) is 0.773. The Morgan fingerprint density at radius 1 is 1.36 bits per heavy atom. The van der Waals surface area contributed by atoms with Crippen LogP contribution in [0.5, 0.6) is 0 Å². The molecule has 0 spiro atoms. The molecular weight excluding hydrogens is 332 g/mol. The molecule has 72 valence electrons. The van der Waals surface area contributed by atoms with Crippen LogP contribution in [0.15, 0.2) is 36.5 Å². The minimum atomic E-state index is -0.116. The molecule has 0 saturated heterocycles. The van der Waals surface area contributed by atoms with Gasteiger partial charge in [0.25, 0.3) is 0 Å². The van der Waals surface area contributed by atoms with Crippen LogP contribution in [-0.2, 0) is 0 Å². The number of carbonyl (C=O) groups is 1. The lowest BCUT2D eigenvalue weighted by molar-refractivity contribution is 0.101. The van der Waals surface area contributed by atoms with Gasteiger partial charge in [0.2, 0.25) is 5.78 Å². The summed E-state index contributed by atoms with van der Waals surface area (Å²) in [5.74, 6) is 0.221. The van der Waals surface area contributed by atoms with Gasteiger partial charge in [-0.15, -0.1) is 11.3 Å². The fraction of sp³-hybridized carbons (Fsp3) is 0. The van der Waals surface area contributed by atoms with E-state index in [4.69, 9.17) is 4.42 Å². The molecule has 0 aliphatic rings. The van der Waals surface area contributed by atoms with Crippen LogP contribution in [0.2, 0.25) is 0 Å². The molecular formula is C9H4Br2O2S. The Hall–Kier alpha value is -0.390. The SMILES string of the molecule is O=C(c1ccsc1Br)c1occc1Br. The maximum Gasteiger partial charge on any atom is 0.231 e. The molecule has 14 heavy (non-hydrogen) atoms. The number of furan rings is 1. The normalized spacial score (nSPS) is 10.4. The molecule has 0 N–H and O–H groups in total. The zero-order valence-electron chi connectivity index (χ0n) is 6.79. The average molecular weight is 336 g/mol. The molecule has 0 bridgehead atoms. The second-order valence-electron chi connectivity index (χ2n) is 2.53. The van der Waals surface area contributed by atoms with Gasteiger partial charge in [0.1, 0.15) is 0 Å². The van der Waals surface area contributed by atoms with Crippen molar-refractivity contribution in [2.75, 3.05) is 0 Å². The molecule has 0 aliphatic heterocycles. The highest BCUT2D eigenvalue weighted by Gasteiger charge is 2.18. The number of ketones is 1. The topological polar surface area (TPSA) is 30.2 Å². The van der Waals surface area contributed by atoms with Gasteiger partial charge in [-0.1, -0.05) is 0 Å². The lowest BCUT2D eigenvalue weighted by atomic mass is 10.2. The predicted octanol–water partition coefficient (Wildman–Crippen LogP) is 4.10. The molecule has 2 aromatic heterocycles. The minimum Gasteiger partial charge on any atom is -0.460 e. The Morgan fingerprint density at radius 2 is 2.14 bits per heavy atom. The molecule has 2 heterocycles. The van der Waals surface area contributed by atoms with Gasteiger partial charge in [0, 0.05) is 0 Å². The third kappa shape index (κ3) is 1.71. The highest BCUT2D eigenvalue weighted by molar-refractivity contribution is 9.11. The van der Waals surface area contributed by atoms with E-state index < -0.39 is 0 Å². The van der Waals surface area contributed by atoms with E-state index in [-0.39, 0.29) is 5.78 Å². The van der Waals surface area contributed by atoms with Crippen molar-refractivity contribution >= 4 is 49.0 Å². The van der Waals surface area contributed by atoms with Gasteiger partial charge in [-0.05, 0) is 49.4 Å². The number of hydrogen-bond donors (Lipinski definition) is 0. The van der Waals surface area contributed by atoms with Crippen LogP contribution < -0.4 is 0 Å². The summed E-state index contributed by atoms with van der Waals surface area (Å²) in [5, 5.41) is 1.86. The summed E-state index contributed by atoms with van der Waals surface area (Å²) in [7, 11) is 0. The third-order valence-electron chi connectivity index (χ3n) is 1.69. The second-order valence-corrected chi connectivity index (χ2v) is 5.62. The fourth-order valence-corrected chi connectivity index (χ4v) is 2.66. The molecule has 0 atom stereocenters. The van der Waals surface area contributed by atoms with Crippen LogP contribution >= 0.6 is 43.2 Å². The first-order valence-corrected chi connectivity index (χ1v) is 6.17. The lowest BCUT2D eigenvalue weighted by Crippen LogP contribution is -1.98. The lowest BCUT2D eigenvalue weighted by Gasteiger charge is -1.95. The van der Waals surface area contributed by atoms with Crippen LogP contribution in [0.4, 0.5) is 0 Å². The molecule has 2 nitrogen and oxygen atoms in total. The van der Waals surface area contributed by atoms with Crippen LogP contribution in [-0.4, -0.2) is 5.78 Å². The Balaban J connectivity index is 2.44. The monoisotopic (exact) mass is 334 g/mol. The fourth-order valence-electron chi connectivity index (χ4n) is 1.03. The van der Waals surface area contributed by atoms with E-state index in [0.29, 0.717) is 15.8 Å². The number of thiophene rings is 1. The van der Waals surface area contributed by atoms with E-state index in [9.17, 15) is 4.79 Å². The zero-order valence-corrected chi connectivity index (χ0v) is 10.8. The van der Waals surface area contributed by atoms with E-state index in [1.165, 1.54) is 17.6 Å². The van der Waals surface area contributed by atoms with Gasteiger partial charge in [-0.3, -0.25) is 4.79 Å². The van der Waals surface area contributed by atoms with Gasteiger partial charge >= 0.3 is 0 Å². The van der Waals surface area contributed by atoms with Crippen LogP contribution in [0.1, 0.15) is 16.1 Å². The van der Waals surface area contributed by atoms with Crippen molar-refractivity contribution in [3.8, 4) is 0 Å². The van der Waals surface area contributed by atoms with Crippen LogP contribution in [0.3, 0.4) is 0 Å². The zero-order chi connectivity index (χ0) is 10.1. The predicted molar refractivity (Wildman–Crippen MR) is 61.9 cm³/mol. The van der Waals surface area contributed by atoms with Crippen LogP contribution in [0, 0.1) is 0 Å². The molecule has 5 heteroatoms. The number of carbonyl (C=O) groups excluding carboxylic acids is 1. The van der Waals surface area contributed by atoms with Gasteiger partial charge in [0.05, 0.1) is 20.1 Å². The molecule has 0 saturated carbocycles. The number of hydrogen-bond acceptors (Lipinski definition) is 3. The maximum atomic E-state index is 11.9. The summed E-state index contributed by atoms with van der Waals surface area (Å²) in [6.45, 7) is 0. The largest absolute Gasteiger partial charge is 0.460 e. The molecule has 0 aromatic carbocycles. The van der Waals surface area contributed by atoms with E-state index >= 15 is 0 Å². The first kappa shape index (κ1) is 10.1. The molecule has 0 fully saturated rings. The maximum absolute atomic E-state index is 11.9. The molecule has 0 unspecified atom stereocenters. The summed E-state index contributed by atoms with van der Waals surface area (Å²) in [5.41, 5.74) is 0.630. The standard InChI is InChI=1S/C9H4Br2O2S/c10-6-1-3-13-8(6)7(12)5-2-4-14-9(5)11/h1-4H. The number of halogens is 2. The third-order valence-corrected chi connectivity index (χ3v) is 4.00. The number of rotatable bonds is 2. The van der Waals surface area contributed by atoms with Crippen molar-refractivity contribution in [2.24, 2.45) is 0 Å². The Bertz CT molecular complexity index is 430. The summed E-state index contributed by atoms with van der Waals surface area (Å²) in [4.78, 5) is 11.9. The van der Waals surface area contributed by atoms with Crippen molar-refractivity contribution in [3.05, 3.63) is 43.4 Å². The molecule has 0 radical (unpaired) electrons. The smallest absolute Gasteiger partial charge is 0.231 e. The van der Waals surface area contributed by atoms with Crippen molar-refractivity contribution in [1.29, 1.82) is 0 Å². The minimum absolute atomic E-state index is 0.116. The average Bonchev–Trinajstić information content (AvgIpc) is 2.73. The highest BCUT2D eigenvalue weighted by Crippen LogP contribution is 2.28. The summed E-state index contributed by atoms with van der Waals surface area (Å²) < 4.78 is 6.60. The van der Waals surface area contributed by atoms with Gasteiger partial charge in [0.15, 0.2) is 5.76 Å². The van der Waals surface area contributed by atoms with E-state index in [1.807, 2.05) is 5.38 Å². The Labute approximate surface area is 101 Å². The summed E-state index contributed by atoms with van der Waals surface area (Å²) in [6.07, 6.45) is 1.48. The van der Waals surface area contributed by atoms with Gasteiger partial charge in [-0.25, -0.2) is 0 Å². The van der Waals surface area contributed by atoms with Crippen LogP contribution in [0.25, 0.3) is 0 Å². The Kier molecular flexibility index (Phi) is 2.90. The van der Waals surface area contributed by atoms with Crippen molar-refractivity contribution in [1.82, 2.24) is 0 Å². The van der Waals surface area contributed by atoms with E-state index in [2.05, 4.69) is 31.9 Å². The molecule has 2 aromatic rings. The van der Waals surface area contributed by atoms with Crippen molar-refractivity contribution in [3.63, 3.8) is 0 Å². The van der Waals surface area contributed by atoms with Gasteiger partial charge < -0.3 is 4.42 Å². The molecule has 0 amide bonds. The second kappa shape index (κ2) is 4.00. The highest BCUT2D eigenvalue weighted by atomic mass is 79.9. The van der Waals surface area contributed by atoms with Crippen molar-refractivity contribution in [2.45, 2.75) is 0 Å². The molecule has 0 aliphatic carbocycles. The first-order valence-electron chi connectivity index (χ1n) is 3.71. The van der Waals surface area contributed by atoms with E-state index in [0.717, 1.165) is 3.79 Å². The van der Waals surface area contributed by atoms with E-state index in [1.54, 1.807) is 12.1 Å². The van der Waals surface area contributed by atoms with Crippen molar-refractivity contribution < 1.29 is 9.21 Å².